The number of aromatic nitrogens is 2. The minimum atomic E-state index is -0.0882. The van der Waals surface area contributed by atoms with Gasteiger partial charge in [0.05, 0.1) is 12.8 Å². The number of H-pyrrole nitrogens is 1. The maximum atomic E-state index is 11.0. The van der Waals surface area contributed by atoms with Crippen LogP contribution in [0.15, 0.2) is 6.07 Å². The topological polar surface area (TPSA) is 55.0 Å². The molecule has 0 saturated heterocycles. The van der Waals surface area contributed by atoms with Crippen molar-refractivity contribution in [1.29, 1.82) is 0 Å². The number of ether oxygens (including phenoxy) is 1. The molecule has 0 fully saturated rings. The molecule has 1 aromatic heterocycles. The second-order valence-electron chi connectivity index (χ2n) is 6.39. The predicted molar refractivity (Wildman–Crippen MR) is 94.5 cm³/mol. The molecule has 0 aromatic carbocycles. The van der Waals surface area contributed by atoms with E-state index >= 15 is 0 Å². The van der Waals surface area contributed by atoms with Crippen LogP contribution in [0.5, 0.6) is 0 Å². The molecule has 0 unspecified atom stereocenters. The monoisotopic (exact) mass is 322 g/mol. The van der Waals surface area contributed by atoms with Crippen molar-refractivity contribution in [3.63, 3.8) is 0 Å². The van der Waals surface area contributed by atoms with Crippen LogP contribution in [-0.2, 0) is 22.4 Å². The van der Waals surface area contributed by atoms with Crippen LogP contribution in [0.2, 0.25) is 0 Å². The van der Waals surface area contributed by atoms with E-state index in [1.165, 1.54) is 69.9 Å². The summed E-state index contributed by atoms with van der Waals surface area (Å²) in [5.41, 5.74) is 2.50. The highest BCUT2D eigenvalue weighted by Crippen LogP contribution is 2.12. The zero-order chi connectivity index (χ0) is 16.8. The van der Waals surface area contributed by atoms with Crippen molar-refractivity contribution in [2.45, 2.75) is 90.4 Å². The zero-order valence-electron chi connectivity index (χ0n) is 15.0. The Bertz CT molecular complexity index is 415. The molecule has 0 amide bonds. The maximum Gasteiger partial charge on any atom is 0.305 e. The van der Waals surface area contributed by atoms with Gasteiger partial charge in [0.15, 0.2) is 0 Å². The molecule has 0 aliphatic rings. The quantitative estimate of drug-likeness (QED) is 0.388. The molecule has 132 valence electrons. The molecular weight excluding hydrogens is 288 g/mol. The van der Waals surface area contributed by atoms with Crippen LogP contribution in [0.25, 0.3) is 0 Å². The predicted octanol–water partition coefficient (Wildman–Crippen LogP) is 4.98. The van der Waals surface area contributed by atoms with E-state index in [2.05, 4.69) is 27.9 Å². The van der Waals surface area contributed by atoms with E-state index in [1.807, 2.05) is 0 Å². The summed E-state index contributed by atoms with van der Waals surface area (Å²) in [6, 6.07) is 2.24. The lowest BCUT2D eigenvalue weighted by Gasteiger charge is -2.01. The molecular formula is C19H34N2O2. The van der Waals surface area contributed by atoms with Crippen LogP contribution < -0.4 is 0 Å². The second-order valence-corrected chi connectivity index (χ2v) is 6.39. The Morgan fingerprint density at radius 1 is 1.00 bits per heavy atom. The maximum absolute atomic E-state index is 11.0. The Hall–Kier alpha value is -1.32. The lowest BCUT2D eigenvalue weighted by atomic mass is 10.1. The number of aryl methyl sites for hydroxylation is 2. The summed E-state index contributed by atoms with van der Waals surface area (Å²) in [7, 11) is 1.45. The van der Waals surface area contributed by atoms with Gasteiger partial charge in [-0.1, -0.05) is 51.9 Å². The molecule has 0 aliphatic heterocycles. The van der Waals surface area contributed by atoms with Gasteiger partial charge in [-0.2, -0.15) is 5.10 Å². The highest BCUT2D eigenvalue weighted by Gasteiger charge is 2.02. The average molecular weight is 322 g/mol. The first kappa shape index (κ1) is 19.7. The van der Waals surface area contributed by atoms with E-state index in [9.17, 15) is 4.79 Å². The van der Waals surface area contributed by atoms with Gasteiger partial charge in [-0.05, 0) is 38.2 Å². The number of methoxy groups -OCH3 is 1. The summed E-state index contributed by atoms with van der Waals surface area (Å²) in [4.78, 5) is 11.0. The molecule has 1 aromatic rings. The molecule has 0 bridgehead atoms. The number of aromatic amines is 1. The number of hydrogen-bond acceptors (Lipinski definition) is 3. The highest BCUT2D eigenvalue weighted by atomic mass is 16.5. The van der Waals surface area contributed by atoms with E-state index in [-0.39, 0.29) is 5.97 Å². The number of unbranched alkanes of at least 4 members (excludes halogenated alkanes) is 8. The van der Waals surface area contributed by atoms with E-state index < -0.39 is 0 Å². The van der Waals surface area contributed by atoms with E-state index in [4.69, 9.17) is 0 Å². The van der Waals surface area contributed by atoms with Crippen LogP contribution >= 0.6 is 0 Å². The third kappa shape index (κ3) is 10.1. The van der Waals surface area contributed by atoms with Crippen molar-refractivity contribution in [3.8, 4) is 0 Å². The molecule has 0 aliphatic carbocycles. The first-order chi connectivity index (χ1) is 11.3. The Morgan fingerprint density at radius 2 is 1.65 bits per heavy atom. The molecule has 0 spiro atoms. The number of hydrogen-bond donors (Lipinski definition) is 1. The third-order valence-corrected chi connectivity index (χ3v) is 4.28. The molecule has 1 rings (SSSR count). The fourth-order valence-corrected chi connectivity index (χ4v) is 2.79. The van der Waals surface area contributed by atoms with Gasteiger partial charge in [0.1, 0.15) is 0 Å². The Labute approximate surface area is 141 Å². The second kappa shape index (κ2) is 13.1. The molecule has 0 atom stereocenters. The van der Waals surface area contributed by atoms with Gasteiger partial charge in [0.25, 0.3) is 0 Å². The lowest BCUT2D eigenvalue weighted by Crippen LogP contribution is -1.99. The molecule has 1 heterocycles. The summed E-state index contributed by atoms with van der Waals surface area (Å²) in [6.07, 6.45) is 15.0. The van der Waals surface area contributed by atoms with Crippen LogP contribution in [0.3, 0.4) is 0 Å². The summed E-state index contributed by atoms with van der Waals surface area (Å²) in [5, 5.41) is 7.58. The van der Waals surface area contributed by atoms with Gasteiger partial charge >= 0.3 is 5.97 Å². The van der Waals surface area contributed by atoms with Crippen LogP contribution in [0.4, 0.5) is 0 Å². The Balaban J connectivity index is 1.97. The largest absolute Gasteiger partial charge is 0.469 e. The molecule has 4 nitrogen and oxygen atoms in total. The van der Waals surface area contributed by atoms with Crippen molar-refractivity contribution in [1.82, 2.24) is 10.2 Å². The first-order valence-corrected chi connectivity index (χ1v) is 9.36. The van der Waals surface area contributed by atoms with Gasteiger partial charge in [-0.15, -0.1) is 0 Å². The summed E-state index contributed by atoms with van der Waals surface area (Å²) < 4.78 is 4.63. The van der Waals surface area contributed by atoms with Gasteiger partial charge in [-0.3, -0.25) is 9.89 Å². The van der Waals surface area contributed by atoms with Crippen LogP contribution in [-0.4, -0.2) is 23.3 Å². The normalized spacial score (nSPS) is 10.9. The zero-order valence-corrected chi connectivity index (χ0v) is 15.0. The smallest absolute Gasteiger partial charge is 0.305 e. The van der Waals surface area contributed by atoms with Crippen molar-refractivity contribution < 1.29 is 9.53 Å². The van der Waals surface area contributed by atoms with Crippen molar-refractivity contribution in [3.05, 3.63) is 17.5 Å². The molecule has 1 N–H and O–H groups in total. The van der Waals surface area contributed by atoms with Gasteiger partial charge in [-0.25, -0.2) is 0 Å². The Kier molecular flexibility index (Phi) is 11.3. The number of esters is 1. The first-order valence-electron chi connectivity index (χ1n) is 9.36. The number of nitrogens with one attached hydrogen (secondary N) is 1. The number of carbonyl (C=O) groups is 1. The highest BCUT2D eigenvalue weighted by molar-refractivity contribution is 5.68. The van der Waals surface area contributed by atoms with E-state index in [1.54, 1.807) is 0 Å². The third-order valence-electron chi connectivity index (χ3n) is 4.28. The fraction of sp³-hybridized carbons (Fsp3) is 0.789. The summed E-state index contributed by atoms with van der Waals surface area (Å²) in [6.45, 7) is 2.24. The minimum Gasteiger partial charge on any atom is -0.469 e. The standard InChI is InChI=1S/C19H34N2O2/c1-3-4-5-10-13-17-16-18(21-20-17)14-11-8-6-7-9-12-15-19(22)23-2/h16H,3-15H2,1-2H3,(H,20,21). The van der Waals surface area contributed by atoms with Gasteiger partial charge in [0.2, 0.25) is 0 Å². The van der Waals surface area contributed by atoms with Crippen molar-refractivity contribution in [2.75, 3.05) is 7.11 Å². The summed E-state index contributed by atoms with van der Waals surface area (Å²) >= 11 is 0. The lowest BCUT2D eigenvalue weighted by molar-refractivity contribution is -0.140. The van der Waals surface area contributed by atoms with Crippen molar-refractivity contribution >= 4 is 5.97 Å². The number of rotatable bonds is 14. The summed E-state index contributed by atoms with van der Waals surface area (Å²) in [5.74, 6) is -0.0882. The molecule has 0 radical (unpaired) electrons. The number of carbonyl (C=O) groups excluding carboxylic acids is 1. The fourth-order valence-electron chi connectivity index (χ4n) is 2.79. The SMILES string of the molecule is CCCCCCc1cc(CCCCCCCCC(=O)OC)[nH]n1. The van der Waals surface area contributed by atoms with E-state index in [0.717, 1.165) is 25.7 Å². The van der Waals surface area contributed by atoms with Gasteiger partial charge < -0.3 is 4.74 Å². The average Bonchev–Trinajstić information content (AvgIpc) is 3.01. The molecule has 23 heavy (non-hydrogen) atoms. The van der Waals surface area contributed by atoms with Crippen molar-refractivity contribution in [2.24, 2.45) is 0 Å². The van der Waals surface area contributed by atoms with Crippen LogP contribution in [0.1, 0.15) is 88.9 Å². The van der Waals surface area contributed by atoms with Gasteiger partial charge in [0, 0.05) is 12.1 Å². The van der Waals surface area contributed by atoms with Crippen LogP contribution in [0, 0.1) is 0 Å². The minimum absolute atomic E-state index is 0.0882. The van der Waals surface area contributed by atoms with E-state index in [0.29, 0.717) is 6.42 Å². The molecule has 0 saturated carbocycles. The Morgan fingerprint density at radius 3 is 2.39 bits per heavy atom. The molecule has 4 heteroatoms. The number of nitrogens with zero attached hydrogens (tertiary/aromatic N) is 1.